The number of hydrogen-bond donors (Lipinski definition) is 0. The van der Waals surface area contributed by atoms with Crippen LogP contribution in [0.1, 0.15) is 12.5 Å². The molecule has 0 aliphatic carbocycles. The fraction of sp³-hybridized carbons (Fsp3) is 0.200. The number of carbonyl (C=O) groups is 1. The van der Waals surface area contributed by atoms with Gasteiger partial charge in [0.2, 0.25) is 12.0 Å². The van der Waals surface area contributed by atoms with E-state index in [1.807, 2.05) is 0 Å². The smallest absolute Gasteiger partial charge is 0.217 e. The summed E-state index contributed by atoms with van der Waals surface area (Å²) in [5.74, 6) is -0.837. The highest BCUT2D eigenvalue weighted by Gasteiger charge is 2.09. The summed E-state index contributed by atoms with van der Waals surface area (Å²) in [7, 11) is 0. The first-order valence-electron chi connectivity index (χ1n) is 4.23. The number of halogens is 2. The van der Waals surface area contributed by atoms with Crippen molar-refractivity contribution in [2.24, 2.45) is 0 Å². The van der Waals surface area contributed by atoms with Gasteiger partial charge in [-0.15, -0.1) is 0 Å². The van der Waals surface area contributed by atoms with Crippen LogP contribution < -0.4 is 0 Å². The zero-order valence-corrected chi connectivity index (χ0v) is 9.62. The van der Waals surface area contributed by atoms with Gasteiger partial charge in [-0.1, -0.05) is 6.07 Å². The molecule has 1 rings (SSSR count). The molecule has 0 radical (unpaired) electrons. The summed E-state index contributed by atoms with van der Waals surface area (Å²) in [5, 5.41) is 11.1. The molecular formula is C10H9BrFNO2. The van der Waals surface area contributed by atoms with Gasteiger partial charge in [0.05, 0.1) is 10.0 Å². The molecule has 3 nitrogen and oxygen atoms in total. The summed E-state index contributed by atoms with van der Waals surface area (Å²) in [4.78, 5) is 10.6. The Morgan fingerprint density at radius 1 is 1.67 bits per heavy atom. The number of Topliss-reactive ketones (excluding diaryl/α,β-unsaturated/α-hetero) is 1. The molecular weight excluding hydrogens is 265 g/mol. The fourth-order valence-corrected chi connectivity index (χ4v) is 1.49. The maximum Gasteiger partial charge on any atom is 0.217 e. The van der Waals surface area contributed by atoms with Gasteiger partial charge >= 0.3 is 0 Å². The molecule has 0 atom stereocenters. The second-order valence-corrected chi connectivity index (χ2v) is 3.88. The molecule has 0 spiro atoms. The van der Waals surface area contributed by atoms with E-state index < -0.39 is 5.82 Å². The molecule has 0 bridgehead atoms. The van der Waals surface area contributed by atoms with Crippen LogP contribution in [-0.4, -0.2) is 16.7 Å². The molecule has 0 unspecified atom stereocenters. The van der Waals surface area contributed by atoms with Crippen LogP contribution >= 0.6 is 15.9 Å². The van der Waals surface area contributed by atoms with Crippen LogP contribution in [0.4, 0.5) is 4.39 Å². The highest BCUT2D eigenvalue weighted by molar-refractivity contribution is 9.10. The van der Waals surface area contributed by atoms with Crippen molar-refractivity contribution in [3.05, 3.63) is 39.3 Å². The van der Waals surface area contributed by atoms with E-state index in [-0.39, 0.29) is 17.9 Å². The summed E-state index contributed by atoms with van der Waals surface area (Å²) in [6.45, 7) is 1.09. The van der Waals surface area contributed by atoms with E-state index in [0.717, 1.165) is 6.21 Å². The van der Waals surface area contributed by atoms with Crippen molar-refractivity contribution >= 4 is 27.9 Å². The molecule has 0 N–H and O–H groups in total. The Kier molecular flexibility index (Phi) is 3.96. The molecule has 0 aliphatic heterocycles. The number of ketones is 1. The number of hydroxylamine groups is 1. The van der Waals surface area contributed by atoms with Crippen LogP contribution in [0.5, 0.6) is 0 Å². The van der Waals surface area contributed by atoms with Crippen molar-refractivity contribution in [3.8, 4) is 0 Å². The predicted molar refractivity (Wildman–Crippen MR) is 58.2 cm³/mol. The molecule has 0 fully saturated rings. The first-order valence-corrected chi connectivity index (χ1v) is 5.02. The molecule has 0 aliphatic rings. The van der Waals surface area contributed by atoms with E-state index in [1.165, 1.54) is 13.0 Å². The third-order valence-corrected chi connectivity index (χ3v) is 2.30. The molecule has 0 saturated heterocycles. The topological polar surface area (TPSA) is 43.1 Å². The van der Waals surface area contributed by atoms with Gasteiger partial charge in [-0.05, 0) is 28.1 Å². The van der Waals surface area contributed by atoms with Crippen LogP contribution in [0.25, 0.3) is 0 Å². The summed E-state index contributed by atoms with van der Waals surface area (Å²) in [6.07, 6.45) is 0.889. The second kappa shape index (κ2) is 5.02. The zero-order valence-electron chi connectivity index (χ0n) is 8.04. The molecule has 0 aromatic heterocycles. The lowest BCUT2D eigenvalue weighted by Crippen LogP contribution is -2.10. The van der Waals surface area contributed by atoms with Crippen molar-refractivity contribution < 1.29 is 13.9 Å². The second-order valence-electron chi connectivity index (χ2n) is 3.03. The standard InChI is InChI=1S/C10H9BrFNO2/c1-7(14)5-13(15)6-8-3-2-4-9(11)10(8)12/h2-5H,6H2,1H3/b13-5-. The van der Waals surface area contributed by atoms with E-state index in [4.69, 9.17) is 0 Å². The van der Waals surface area contributed by atoms with Gasteiger partial charge in [-0.3, -0.25) is 4.79 Å². The van der Waals surface area contributed by atoms with Crippen LogP contribution in [0.15, 0.2) is 22.7 Å². The maximum absolute atomic E-state index is 13.4. The van der Waals surface area contributed by atoms with Crippen molar-refractivity contribution in [2.45, 2.75) is 13.5 Å². The van der Waals surface area contributed by atoms with E-state index in [0.29, 0.717) is 9.21 Å². The van der Waals surface area contributed by atoms with Gasteiger partial charge in [0.15, 0.2) is 6.54 Å². The lowest BCUT2D eigenvalue weighted by molar-refractivity contribution is -0.469. The summed E-state index contributed by atoms with van der Waals surface area (Å²) in [5.41, 5.74) is 0.247. The maximum atomic E-state index is 13.4. The lowest BCUT2D eigenvalue weighted by Gasteiger charge is -2.05. The van der Waals surface area contributed by atoms with E-state index in [2.05, 4.69) is 15.9 Å². The Morgan fingerprint density at radius 2 is 2.33 bits per heavy atom. The van der Waals surface area contributed by atoms with Crippen LogP contribution in [0.3, 0.4) is 0 Å². The number of carbonyl (C=O) groups excluding carboxylic acids is 1. The minimum Gasteiger partial charge on any atom is -0.623 e. The zero-order chi connectivity index (χ0) is 11.4. The molecule has 0 saturated carbocycles. The lowest BCUT2D eigenvalue weighted by atomic mass is 10.2. The number of rotatable bonds is 3. The van der Waals surface area contributed by atoms with Crippen molar-refractivity contribution in [3.63, 3.8) is 0 Å². The van der Waals surface area contributed by atoms with Crippen LogP contribution in [0, 0.1) is 11.0 Å². The highest BCUT2D eigenvalue weighted by Crippen LogP contribution is 2.18. The quantitative estimate of drug-likeness (QED) is 0.367. The van der Waals surface area contributed by atoms with E-state index >= 15 is 0 Å². The Bertz CT molecular complexity index is 418. The van der Waals surface area contributed by atoms with Crippen LogP contribution in [-0.2, 0) is 11.3 Å². The number of benzene rings is 1. The molecule has 1 aromatic carbocycles. The number of nitrogens with zero attached hydrogens (tertiary/aromatic N) is 1. The average molecular weight is 274 g/mol. The summed E-state index contributed by atoms with van der Waals surface area (Å²) >= 11 is 3.01. The minimum atomic E-state index is -0.477. The van der Waals surface area contributed by atoms with Crippen LogP contribution in [0.2, 0.25) is 0 Å². The molecule has 80 valence electrons. The third-order valence-electron chi connectivity index (χ3n) is 1.68. The molecule has 5 heteroatoms. The highest BCUT2D eigenvalue weighted by atomic mass is 79.9. The van der Waals surface area contributed by atoms with Gasteiger partial charge in [-0.25, -0.2) is 9.13 Å². The van der Waals surface area contributed by atoms with E-state index in [9.17, 15) is 14.4 Å². The first kappa shape index (κ1) is 11.8. The van der Waals surface area contributed by atoms with Gasteiger partial charge < -0.3 is 5.21 Å². The minimum absolute atomic E-state index is 0.176. The summed E-state index contributed by atoms with van der Waals surface area (Å²) < 4.78 is 14.1. The Balaban J connectivity index is 2.90. The average Bonchev–Trinajstić information content (AvgIpc) is 2.11. The van der Waals surface area contributed by atoms with Gasteiger partial charge in [0, 0.05) is 6.92 Å². The molecule has 1 aromatic rings. The van der Waals surface area contributed by atoms with Crippen molar-refractivity contribution in [1.29, 1.82) is 0 Å². The normalized spacial score (nSPS) is 11.5. The Labute approximate surface area is 94.9 Å². The Morgan fingerprint density at radius 3 is 2.93 bits per heavy atom. The largest absolute Gasteiger partial charge is 0.623 e. The molecule has 0 amide bonds. The van der Waals surface area contributed by atoms with Crippen molar-refractivity contribution in [2.75, 3.05) is 0 Å². The summed E-state index contributed by atoms with van der Waals surface area (Å²) in [6, 6.07) is 4.67. The van der Waals surface area contributed by atoms with Gasteiger partial charge in [0.1, 0.15) is 5.82 Å². The Hall–Kier alpha value is -1.23. The van der Waals surface area contributed by atoms with Gasteiger partial charge in [0.25, 0.3) is 0 Å². The molecule has 0 heterocycles. The van der Waals surface area contributed by atoms with Crippen molar-refractivity contribution in [1.82, 2.24) is 0 Å². The number of hydrogen-bond acceptors (Lipinski definition) is 2. The third kappa shape index (κ3) is 3.43. The molecule has 15 heavy (non-hydrogen) atoms. The van der Waals surface area contributed by atoms with E-state index in [1.54, 1.807) is 12.1 Å². The predicted octanol–water partition coefficient (Wildman–Crippen LogP) is 2.26. The fourth-order valence-electron chi connectivity index (χ4n) is 1.09. The monoisotopic (exact) mass is 273 g/mol. The SMILES string of the molecule is CC(=O)/C=[N+](\[O-])Cc1cccc(Br)c1F. The van der Waals surface area contributed by atoms with Gasteiger partial charge in [-0.2, -0.15) is 0 Å². The first-order chi connectivity index (χ1) is 7.00.